The Balaban J connectivity index is 2.77. The molecular formula is C10H17NS. The van der Waals surface area contributed by atoms with E-state index in [1.807, 2.05) is 6.07 Å². The monoisotopic (exact) mass is 183 g/mol. The third-order valence-electron chi connectivity index (χ3n) is 2.64. The van der Waals surface area contributed by atoms with E-state index in [0.717, 1.165) is 11.6 Å². The summed E-state index contributed by atoms with van der Waals surface area (Å²) in [7, 11) is 0. The fraction of sp³-hybridized carbons (Fsp3) is 0.600. The van der Waals surface area contributed by atoms with Gasteiger partial charge in [0.25, 0.3) is 0 Å². The van der Waals surface area contributed by atoms with E-state index in [2.05, 4.69) is 26.2 Å². The van der Waals surface area contributed by atoms with Crippen LogP contribution in [0.5, 0.6) is 0 Å². The molecule has 0 bridgehead atoms. The number of hydrogen-bond acceptors (Lipinski definition) is 2. The molecule has 2 N–H and O–H groups in total. The lowest BCUT2D eigenvalue weighted by Gasteiger charge is -2.17. The van der Waals surface area contributed by atoms with Gasteiger partial charge in [-0.05, 0) is 23.3 Å². The van der Waals surface area contributed by atoms with E-state index >= 15 is 0 Å². The largest absolute Gasteiger partial charge is 0.398 e. The molecule has 1 aromatic rings. The van der Waals surface area contributed by atoms with Crippen molar-refractivity contribution in [3.8, 4) is 0 Å². The molecule has 0 amide bonds. The van der Waals surface area contributed by atoms with E-state index in [1.165, 1.54) is 11.3 Å². The van der Waals surface area contributed by atoms with Gasteiger partial charge < -0.3 is 5.73 Å². The molecule has 0 saturated heterocycles. The van der Waals surface area contributed by atoms with Crippen LogP contribution < -0.4 is 5.73 Å². The van der Waals surface area contributed by atoms with Crippen LogP contribution in [-0.4, -0.2) is 0 Å². The lowest BCUT2D eigenvalue weighted by Crippen LogP contribution is -2.04. The zero-order chi connectivity index (χ0) is 9.14. The molecule has 1 nitrogen and oxygen atoms in total. The summed E-state index contributed by atoms with van der Waals surface area (Å²) in [5.74, 6) is 1.33. The molecule has 1 rings (SSSR count). The SMILES string of the molecule is CC[C@@H](C)[C@H](C)c1sccc1N. The average Bonchev–Trinajstić information content (AvgIpc) is 2.48. The first-order valence-electron chi connectivity index (χ1n) is 4.49. The van der Waals surface area contributed by atoms with E-state index in [9.17, 15) is 0 Å². The molecule has 0 aliphatic rings. The fourth-order valence-electron chi connectivity index (χ4n) is 1.31. The number of anilines is 1. The molecule has 0 radical (unpaired) electrons. The Morgan fingerprint density at radius 1 is 1.50 bits per heavy atom. The molecule has 12 heavy (non-hydrogen) atoms. The van der Waals surface area contributed by atoms with Gasteiger partial charge in [0.1, 0.15) is 0 Å². The summed E-state index contributed by atoms with van der Waals surface area (Å²) < 4.78 is 0. The van der Waals surface area contributed by atoms with Gasteiger partial charge >= 0.3 is 0 Å². The smallest absolute Gasteiger partial charge is 0.0458 e. The summed E-state index contributed by atoms with van der Waals surface area (Å²) in [5, 5.41) is 2.07. The molecule has 1 heterocycles. The van der Waals surface area contributed by atoms with E-state index < -0.39 is 0 Å². The maximum atomic E-state index is 5.84. The Labute approximate surface area is 78.6 Å². The second-order valence-electron chi connectivity index (χ2n) is 3.41. The molecule has 2 heteroatoms. The van der Waals surface area contributed by atoms with Crippen molar-refractivity contribution >= 4 is 17.0 Å². The molecule has 0 aromatic carbocycles. The third kappa shape index (κ3) is 1.81. The van der Waals surface area contributed by atoms with Crippen molar-refractivity contribution in [2.24, 2.45) is 5.92 Å². The van der Waals surface area contributed by atoms with Crippen LogP contribution in [-0.2, 0) is 0 Å². The molecule has 0 unspecified atom stereocenters. The highest BCUT2D eigenvalue weighted by Gasteiger charge is 2.15. The Hall–Kier alpha value is -0.500. The van der Waals surface area contributed by atoms with Crippen LogP contribution in [0.2, 0.25) is 0 Å². The molecule has 0 spiro atoms. The molecule has 2 atom stereocenters. The molecule has 0 aliphatic carbocycles. The maximum absolute atomic E-state index is 5.84. The Bertz CT molecular complexity index is 242. The summed E-state index contributed by atoms with van der Waals surface area (Å²) in [5.41, 5.74) is 6.81. The molecule has 0 saturated carbocycles. The minimum absolute atomic E-state index is 0.606. The third-order valence-corrected chi connectivity index (χ3v) is 3.77. The van der Waals surface area contributed by atoms with Gasteiger partial charge in [-0.1, -0.05) is 27.2 Å². The standard InChI is InChI=1S/C10H17NS/c1-4-7(2)8(3)10-9(11)5-6-12-10/h5-8H,4,11H2,1-3H3/t7-,8+/m1/s1. The van der Waals surface area contributed by atoms with Crippen LogP contribution in [0.15, 0.2) is 11.4 Å². The highest BCUT2D eigenvalue weighted by atomic mass is 32.1. The molecular weight excluding hydrogens is 166 g/mol. The molecule has 0 fully saturated rings. The van der Waals surface area contributed by atoms with Gasteiger partial charge in [0, 0.05) is 10.6 Å². The van der Waals surface area contributed by atoms with Gasteiger partial charge in [0.15, 0.2) is 0 Å². The van der Waals surface area contributed by atoms with E-state index in [4.69, 9.17) is 5.73 Å². The number of nitrogen functional groups attached to an aromatic ring is 1. The first-order valence-corrected chi connectivity index (χ1v) is 5.37. The Kier molecular flexibility index (Phi) is 3.15. The second-order valence-corrected chi connectivity index (χ2v) is 4.36. The van der Waals surface area contributed by atoms with E-state index in [-0.39, 0.29) is 0 Å². The van der Waals surface area contributed by atoms with E-state index in [1.54, 1.807) is 11.3 Å². The summed E-state index contributed by atoms with van der Waals surface area (Å²) in [6, 6.07) is 2.00. The average molecular weight is 183 g/mol. The maximum Gasteiger partial charge on any atom is 0.0458 e. The zero-order valence-electron chi connectivity index (χ0n) is 8.00. The van der Waals surface area contributed by atoms with Crippen LogP contribution in [0.3, 0.4) is 0 Å². The van der Waals surface area contributed by atoms with Crippen molar-refractivity contribution in [2.75, 3.05) is 5.73 Å². The van der Waals surface area contributed by atoms with Gasteiger partial charge in [0.05, 0.1) is 0 Å². The van der Waals surface area contributed by atoms with Crippen LogP contribution in [0, 0.1) is 5.92 Å². The molecule has 1 aromatic heterocycles. The topological polar surface area (TPSA) is 26.0 Å². The number of thiophene rings is 1. The lowest BCUT2D eigenvalue weighted by atomic mass is 9.92. The van der Waals surface area contributed by atoms with Crippen molar-refractivity contribution < 1.29 is 0 Å². The Morgan fingerprint density at radius 3 is 2.58 bits per heavy atom. The summed E-state index contributed by atoms with van der Waals surface area (Å²) in [4.78, 5) is 1.35. The number of rotatable bonds is 3. The first-order chi connectivity index (χ1) is 5.66. The van der Waals surface area contributed by atoms with Crippen LogP contribution >= 0.6 is 11.3 Å². The number of hydrogen-bond donors (Lipinski definition) is 1. The second kappa shape index (κ2) is 3.94. The van der Waals surface area contributed by atoms with E-state index in [0.29, 0.717) is 5.92 Å². The highest BCUT2D eigenvalue weighted by Crippen LogP contribution is 2.33. The number of nitrogens with two attached hydrogens (primary N) is 1. The minimum atomic E-state index is 0.606. The Morgan fingerprint density at radius 2 is 2.17 bits per heavy atom. The van der Waals surface area contributed by atoms with Gasteiger partial charge in [-0.3, -0.25) is 0 Å². The van der Waals surface area contributed by atoms with Gasteiger partial charge in [-0.2, -0.15) is 0 Å². The summed E-state index contributed by atoms with van der Waals surface area (Å²) in [6.45, 7) is 6.77. The predicted octanol–water partition coefficient (Wildman–Crippen LogP) is 3.48. The fourth-order valence-corrected chi connectivity index (χ4v) is 2.33. The lowest BCUT2D eigenvalue weighted by molar-refractivity contribution is 0.479. The van der Waals surface area contributed by atoms with Crippen LogP contribution in [0.25, 0.3) is 0 Å². The first kappa shape index (κ1) is 9.59. The quantitative estimate of drug-likeness (QED) is 0.762. The van der Waals surface area contributed by atoms with Crippen LogP contribution in [0.4, 0.5) is 5.69 Å². The van der Waals surface area contributed by atoms with Crippen molar-refractivity contribution in [1.82, 2.24) is 0 Å². The zero-order valence-corrected chi connectivity index (χ0v) is 8.82. The summed E-state index contributed by atoms with van der Waals surface area (Å²) >= 11 is 1.78. The summed E-state index contributed by atoms with van der Waals surface area (Å²) in [6.07, 6.45) is 1.22. The van der Waals surface area contributed by atoms with Gasteiger partial charge in [-0.15, -0.1) is 11.3 Å². The molecule has 68 valence electrons. The highest BCUT2D eigenvalue weighted by molar-refractivity contribution is 7.10. The minimum Gasteiger partial charge on any atom is -0.398 e. The van der Waals surface area contributed by atoms with Gasteiger partial charge in [0.2, 0.25) is 0 Å². The predicted molar refractivity (Wildman–Crippen MR) is 56.6 cm³/mol. The van der Waals surface area contributed by atoms with Crippen LogP contribution in [0.1, 0.15) is 38.0 Å². The molecule has 0 aliphatic heterocycles. The van der Waals surface area contributed by atoms with Crippen molar-refractivity contribution in [3.63, 3.8) is 0 Å². The van der Waals surface area contributed by atoms with Crippen molar-refractivity contribution in [3.05, 3.63) is 16.3 Å². The van der Waals surface area contributed by atoms with Gasteiger partial charge in [-0.25, -0.2) is 0 Å². The van der Waals surface area contributed by atoms with Crippen molar-refractivity contribution in [1.29, 1.82) is 0 Å². The van der Waals surface area contributed by atoms with Crippen molar-refractivity contribution in [2.45, 2.75) is 33.1 Å². The normalized spacial score (nSPS) is 15.9.